The van der Waals surface area contributed by atoms with Crippen LogP contribution in [0.5, 0.6) is 0 Å². The number of sulfone groups is 1. The van der Waals surface area contributed by atoms with Gasteiger partial charge in [0.15, 0.2) is 16.1 Å². The number of hydrogen-bond acceptors (Lipinski definition) is 6. The highest BCUT2D eigenvalue weighted by molar-refractivity contribution is 7.92. The molecule has 6 nitrogen and oxygen atoms in total. The Morgan fingerprint density at radius 3 is 2.54 bits per heavy atom. The van der Waals surface area contributed by atoms with E-state index in [0.717, 1.165) is 62.5 Å². The first-order valence-electron chi connectivity index (χ1n) is 15.4. The molecule has 0 spiro atoms. The first kappa shape index (κ1) is 33.5. The van der Waals surface area contributed by atoms with Crippen molar-refractivity contribution in [1.29, 1.82) is 0 Å². The van der Waals surface area contributed by atoms with Crippen LogP contribution < -0.4 is 0 Å². The third-order valence-corrected chi connectivity index (χ3v) is 11.0. The molecule has 0 N–H and O–H groups in total. The number of carbonyl (C=O) groups is 1. The second kappa shape index (κ2) is 15.0. The maximum atomic E-state index is 14.7. The summed E-state index contributed by atoms with van der Waals surface area (Å²) in [6, 6.07) is 8.88. The Bertz CT molecular complexity index is 1170. The van der Waals surface area contributed by atoms with Crippen LogP contribution in [-0.4, -0.2) is 45.2 Å². The Morgan fingerprint density at radius 1 is 1.20 bits per heavy atom. The lowest BCUT2D eigenvalue weighted by atomic mass is 9.70. The molecule has 1 aromatic rings. The molecule has 41 heavy (non-hydrogen) atoms. The third-order valence-electron chi connectivity index (χ3n) is 8.86. The van der Waals surface area contributed by atoms with E-state index >= 15 is 0 Å². The monoisotopic (exact) mass is 588 g/mol. The van der Waals surface area contributed by atoms with E-state index in [9.17, 15) is 13.2 Å². The molecular formula is C34H52O6S. The fraction of sp³-hybridized carbons (Fsp3) is 0.676. The number of allylic oxidation sites excluding steroid dienone is 2. The highest BCUT2D eigenvalue weighted by Gasteiger charge is 2.47. The summed E-state index contributed by atoms with van der Waals surface area (Å²) in [5.74, 6) is 0.146. The van der Waals surface area contributed by atoms with Crippen molar-refractivity contribution in [1.82, 2.24) is 0 Å². The number of ether oxygens (including phenoxy) is 3. The van der Waals surface area contributed by atoms with Crippen LogP contribution in [0.3, 0.4) is 0 Å². The van der Waals surface area contributed by atoms with Crippen molar-refractivity contribution in [3.8, 4) is 0 Å². The van der Waals surface area contributed by atoms with E-state index in [0.29, 0.717) is 17.4 Å². The Morgan fingerprint density at radius 2 is 1.90 bits per heavy atom. The molecule has 0 bridgehead atoms. The van der Waals surface area contributed by atoms with Crippen molar-refractivity contribution < 1.29 is 27.4 Å². The summed E-state index contributed by atoms with van der Waals surface area (Å²) in [5, 5.41) is -0.795. The highest BCUT2D eigenvalue weighted by atomic mass is 32.2. The molecule has 1 heterocycles. The summed E-state index contributed by atoms with van der Waals surface area (Å²) < 4.78 is 47.3. The Hall–Kier alpha value is -1.96. The zero-order chi connectivity index (χ0) is 30.2. The lowest BCUT2D eigenvalue weighted by Gasteiger charge is -2.44. The molecule has 5 atom stereocenters. The molecule has 230 valence electrons. The normalized spacial score (nSPS) is 24.0. The van der Waals surface area contributed by atoms with Crippen LogP contribution in [0.2, 0.25) is 0 Å². The maximum absolute atomic E-state index is 14.7. The van der Waals surface area contributed by atoms with Gasteiger partial charge < -0.3 is 14.2 Å². The lowest BCUT2D eigenvalue weighted by Crippen LogP contribution is -2.48. The van der Waals surface area contributed by atoms with Gasteiger partial charge in [-0.1, -0.05) is 57.0 Å². The topological polar surface area (TPSA) is 78.9 Å². The maximum Gasteiger partial charge on any atom is 0.302 e. The summed E-state index contributed by atoms with van der Waals surface area (Å²) in [5.41, 5.74) is 3.09. The largest absolute Gasteiger partial charge is 0.462 e. The fourth-order valence-electron chi connectivity index (χ4n) is 6.48. The van der Waals surface area contributed by atoms with Crippen LogP contribution in [0, 0.1) is 17.3 Å². The minimum atomic E-state index is -3.77. The van der Waals surface area contributed by atoms with Gasteiger partial charge in [-0.3, -0.25) is 4.79 Å². The van der Waals surface area contributed by atoms with Gasteiger partial charge in [0, 0.05) is 20.0 Å². The molecule has 3 rings (SSSR count). The first-order chi connectivity index (χ1) is 19.3. The summed E-state index contributed by atoms with van der Waals surface area (Å²) in [6.45, 7) is 15.2. The number of hydrogen-bond donors (Lipinski definition) is 0. The highest BCUT2D eigenvalue weighted by Crippen LogP contribution is 2.47. The second-order valence-electron chi connectivity index (χ2n) is 13.0. The molecule has 0 amide bonds. The van der Waals surface area contributed by atoms with Gasteiger partial charge in [0.05, 0.1) is 11.0 Å². The average Bonchev–Trinajstić information content (AvgIpc) is 2.90. The molecule has 2 aliphatic rings. The van der Waals surface area contributed by atoms with Crippen molar-refractivity contribution in [3.05, 3.63) is 53.1 Å². The van der Waals surface area contributed by atoms with Gasteiger partial charge in [-0.05, 0) is 99.8 Å². The number of carbonyl (C=O) groups excluding carboxylic acids is 1. The van der Waals surface area contributed by atoms with Gasteiger partial charge >= 0.3 is 5.97 Å². The predicted octanol–water partition coefficient (Wildman–Crippen LogP) is 7.83. The Kier molecular flexibility index (Phi) is 12.2. The van der Waals surface area contributed by atoms with Gasteiger partial charge in [0.1, 0.15) is 11.9 Å². The zero-order valence-electron chi connectivity index (χ0n) is 26.3. The van der Waals surface area contributed by atoms with Crippen molar-refractivity contribution in [3.63, 3.8) is 0 Å². The van der Waals surface area contributed by atoms with Crippen molar-refractivity contribution in [2.75, 3.05) is 13.2 Å². The molecule has 1 saturated heterocycles. The molecular weight excluding hydrogens is 536 g/mol. The van der Waals surface area contributed by atoms with Gasteiger partial charge in [-0.2, -0.15) is 0 Å². The van der Waals surface area contributed by atoms with Crippen LogP contribution in [0.1, 0.15) is 99.8 Å². The predicted molar refractivity (Wildman–Crippen MR) is 164 cm³/mol. The van der Waals surface area contributed by atoms with Crippen molar-refractivity contribution in [2.45, 2.75) is 122 Å². The molecule has 0 radical (unpaired) electrons. The number of benzene rings is 1. The van der Waals surface area contributed by atoms with Crippen molar-refractivity contribution in [2.24, 2.45) is 17.3 Å². The second-order valence-corrected chi connectivity index (χ2v) is 15.0. The first-order valence-corrected chi connectivity index (χ1v) is 16.9. The van der Waals surface area contributed by atoms with E-state index in [4.69, 9.17) is 14.2 Å². The van der Waals surface area contributed by atoms with E-state index in [1.807, 2.05) is 19.1 Å². The fourth-order valence-corrected chi connectivity index (χ4v) is 8.83. The van der Waals surface area contributed by atoms with Crippen LogP contribution in [-0.2, 0) is 28.8 Å². The summed E-state index contributed by atoms with van der Waals surface area (Å²) in [7, 11) is -3.77. The van der Waals surface area contributed by atoms with Crippen LogP contribution in [0.4, 0.5) is 0 Å². The van der Waals surface area contributed by atoms with Gasteiger partial charge in [-0.15, -0.1) is 0 Å². The van der Waals surface area contributed by atoms with Crippen LogP contribution >= 0.6 is 0 Å². The molecule has 0 saturated carbocycles. The van der Waals surface area contributed by atoms with Crippen molar-refractivity contribution >= 4 is 15.8 Å². The Labute approximate surface area is 248 Å². The number of rotatable bonds is 13. The molecule has 1 fully saturated rings. The zero-order valence-corrected chi connectivity index (χ0v) is 27.1. The standard InChI is InChI=1S/C34H52O6S/c1-24(18-21-38-28(5)35)13-11-14-27(4)32(40-30-23-25(2)19-22-39-30)33(31-26(3)15-12-20-34(31,6)7)41(36,37)29-16-9-8-10-17-29/h8-10,16-18,25,27,30,32-33H,11-15,19-23H2,1-7H3/b24-18+. The quantitative estimate of drug-likeness (QED) is 0.173. The average molecular weight is 589 g/mol. The van der Waals surface area contributed by atoms with E-state index < -0.39 is 27.5 Å². The lowest BCUT2D eigenvalue weighted by molar-refractivity contribution is -0.205. The molecule has 1 aliphatic carbocycles. The van der Waals surface area contributed by atoms with E-state index in [1.165, 1.54) is 12.5 Å². The summed E-state index contributed by atoms with van der Waals surface area (Å²) in [4.78, 5) is 11.4. The smallest absolute Gasteiger partial charge is 0.302 e. The van der Waals surface area contributed by atoms with Crippen LogP contribution in [0.15, 0.2) is 58.0 Å². The number of esters is 1. The minimum Gasteiger partial charge on any atom is -0.462 e. The molecule has 0 aromatic heterocycles. The summed E-state index contributed by atoms with van der Waals surface area (Å²) in [6.07, 6.45) is 8.17. The summed E-state index contributed by atoms with van der Waals surface area (Å²) >= 11 is 0. The van der Waals surface area contributed by atoms with E-state index in [1.54, 1.807) is 24.3 Å². The van der Waals surface area contributed by atoms with Crippen LogP contribution in [0.25, 0.3) is 0 Å². The van der Waals surface area contributed by atoms with Gasteiger partial charge in [0.2, 0.25) is 0 Å². The van der Waals surface area contributed by atoms with Gasteiger partial charge in [-0.25, -0.2) is 8.42 Å². The Balaban J connectivity index is 2.00. The molecule has 1 aromatic carbocycles. The van der Waals surface area contributed by atoms with Gasteiger partial charge in [0.25, 0.3) is 0 Å². The third kappa shape index (κ3) is 9.26. The molecule has 1 aliphatic heterocycles. The minimum absolute atomic E-state index is 0.0291. The van der Waals surface area contributed by atoms with E-state index in [2.05, 4.69) is 34.6 Å². The van der Waals surface area contributed by atoms with E-state index in [-0.39, 0.29) is 23.9 Å². The molecule has 5 unspecified atom stereocenters. The molecule has 7 heteroatoms. The SMILES string of the molecule is CC(=O)OC/C=C(\C)CCCC(C)C(OC1CC(C)CCO1)C(C1=C(C)CCCC1(C)C)S(=O)(=O)c1ccccc1.